The van der Waals surface area contributed by atoms with Crippen LogP contribution in [-0.2, 0) is 11.3 Å². The number of fused-ring (bicyclic) bond motifs is 3. The van der Waals surface area contributed by atoms with Crippen molar-refractivity contribution >= 4 is 5.97 Å². The molecule has 1 aromatic heterocycles. The Morgan fingerprint density at radius 2 is 2.04 bits per heavy atom. The third-order valence-corrected chi connectivity index (χ3v) is 3.56. The van der Waals surface area contributed by atoms with E-state index in [1.165, 1.54) is 12.3 Å². The van der Waals surface area contributed by atoms with Crippen LogP contribution in [0.3, 0.4) is 0 Å². The Bertz CT molecular complexity index is 747. The van der Waals surface area contributed by atoms with Crippen LogP contribution < -0.4 is 5.32 Å². The second-order valence-electron chi connectivity index (χ2n) is 5.19. The lowest BCUT2D eigenvalue weighted by Gasteiger charge is -2.11. The summed E-state index contributed by atoms with van der Waals surface area (Å²) in [6.07, 6.45) is 5.98. The minimum atomic E-state index is -0.652. The molecule has 2 heterocycles. The second kappa shape index (κ2) is 6.58. The lowest BCUT2D eigenvalue weighted by atomic mass is 10.0. The van der Waals surface area contributed by atoms with Crippen LogP contribution in [0, 0.1) is 0 Å². The summed E-state index contributed by atoms with van der Waals surface area (Å²) < 4.78 is 10.7. The third kappa shape index (κ3) is 3.22. The monoisotopic (exact) mass is 315 g/mol. The molecular formula is C17H17NO5. The Morgan fingerprint density at radius 3 is 2.91 bits per heavy atom. The molecule has 3 rings (SSSR count). The van der Waals surface area contributed by atoms with Crippen LogP contribution in [0.5, 0.6) is 11.5 Å². The summed E-state index contributed by atoms with van der Waals surface area (Å²) in [6.45, 7) is 1.41. The Morgan fingerprint density at radius 1 is 1.17 bits per heavy atom. The fourth-order valence-corrected chi connectivity index (χ4v) is 2.50. The largest absolute Gasteiger partial charge is 0.508 e. The van der Waals surface area contributed by atoms with E-state index in [1.807, 2.05) is 12.2 Å². The Kier molecular flexibility index (Phi) is 4.34. The second-order valence-corrected chi connectivity index (χ2v) is 5.19. The summed E-state index contributed by atoms with van der Waals surface area (Å²) in [5, 5.41) is 23.1. The summed E-state index contributed by atoms with van der Waals surface area (Å²) >= 11 is 0. The van der Waals surface area contributed by atoms with Crippen molar-refractivity contribution < 1.29 is 24.2 Å². The van der Waals surface area contributed by atoms with Gasteiger partial charge in [0.25, 0.3) is 0 Å². The molecule has 0 amide bonds. The van der Waals surface area contributed by atoms with Crippen molar-refractivity contribution in [1.29, 1.82) is 0 Å². The number of phenolic OH excluding ortho intramolecular Hbond substituents is 2. The first-order valence-electron chi connectivity index (χ1n) is 7.32. The number of hydrogen-bond donors (Lipinski definition) is 3. The molecule has 0 saturated heterocycles. The van der Waals surface area contributed by atoms with Crippen molar-refractivity contribution in [3.63, 3.8) is 0 Å². The molecule has 0 spiro atoms. The van der Waals surface area contributed by atoms with Gasteiger partial charge in [0.1, 0.15) is 22.8 Å². The van der Waals surface area contributed by atoms with E-state index in [9.17, 15) is 15.0 Å². The number of phenols is 2. The van der Waals surface area contributed by atoms with E-state index in [0.29, 0.717) is 30.8 Å². The minimum Gasteiger partial charge on any atom is -0.508 e. The maximum Gasteiger partial charge on any atom is 0.342 e. The number of ether oxygens (including phenoxy) is 1. The normalized spacial score (nSPS) is 17.0. The molecule has 1 aliphatic heterocycles. The maximum absolute atomic E-state index is 12.3. The molecule has 3 N–H and O–H groups in total. The van der Waals surface area contributed by atoms with Crippen LogP contribution in [0.2, 0.25) is 0 Å². The summed E-state index contributed by atoms with van der Waals surface area (Å²) in [5.74, 6) is -0.736. The Labute approximate surface area is 133 Å². The van der Waals surface area contributed by atoms with Crippen molar-refractivity contribution in [3.8, 4) is 22.8 Å². The predicted molar refractivity (Wildman–Crippen MR) is 83.2 cm³/mol. The van der Waals surface area contributed by atoms with Crippen molar-refractivity contribution in [2.75, 3.05) is 13.2 Å². The first kappa shape index (κ1) is 15.2. The maximum atomic E-state index is 12.3. The van der Waals surface area contributed by atoms with Crippen LogP contribution in [0.15, 0.2) is 41.0 Å². The van der Waals surface area contributed by atoms with Gasteiger partial charge in [0, 0.05) is 30.3 Å². The van der Waals surface area contributed by atoms with Gasteiger partial charge in [-0.15, -0.1) is 0 Å². The number of rotatable bonds is 0. The van der Waals surface area contributed by atoms with Crippen molar-refractivity contribution in [2.24, 2.45) is 0 Å². The number of aromatic hydroxyl groups is 2. The number of furan rings is 1. The molecule has 1 aromatic carbocycles. The van der Waals surface area contributed by atoms with Gasteiger partial charge in [0.05, 0.1) is 12.9 Å². The molecule has 1 aliphatic rings. The van der Waals surface area contributed by atoms with Gasteiger partial charge in [0.15, 0.2) is 0 Å². The number of carbonyl (C=O) groups is 1. The highest BCUT2D eigenvalue weighted by Crippen LogP contribution is 2.37. The standard InChI is InChI=1S/C17H17NO5/c19-12-8-13-15(14(20)9-12)17(21)23-6-3-1-2-5-18-10-11-4-7-22-16(11)13/h1-2,4,7-9,18-20H,3,5-6,10H2/b2-1-. The molecule has 120 valence electrons. The van der Waals surface area contributed by atoms with E-state index in [2.05, 4.69) is 5.32 Å². The molecule has 6 heteroatoms. The van der Waals surface area contributed by atoms with Crippen LogP contribution in [0.1, 0.15) is 22.3 Å². The molecule has 0 unspecified atom stereocenters. The summed E-state index contributed by atoms with van der Waals surface area (Å²) in [5.41, 5.74) is 1.11. The number of hydrogen-bond acceptors (Lipinski definition) is 6. The van der Waals surface area contributed by atoms with Crippen LogP contribution in [0.25, 0.3) is 11.3 Å². The summed E-state index contributed by atoms with van der Waals surface area (Å²) in [6, 6.07) is 4.28. The lowest BCUT2D eigenvalue weighted by molar-refractivity contribution is 0.0509. The van der Waals surface area contributed by atoms with Crippen LogP contribution in [-0.4, -0.2) is 29.3 Å². The molecule has 23 heavy (non-hydrogen) atoms. The van der Waals surface area contributed by atoms with Crippen LogP contribution >= 0.6 is 0 Å². The van der Waals surface area contributed by atoms with Gasteiger partial charge in [-0.2, -0.15) is 0 Å². The van der Waals surface area contributed by atoms with E-state index in [-0.39, 0.29) is 23.7 Å². The molecule has 0 atom stereocenters. The van der Waals surface area contributed by atoms with E-state index < -0.39 is 5.97 Å². The topological polar surface area (TPSA) is 91.9 Å². The third-order valence-electron chi connectivity index (χ3n) is 3.56. The Hall–Kier alpha value is -2.73. The SMILES string of the molecule is O=C1OCC/C=C\CNCc2ccoc2-c2cc(O)cc(O)c21. The van der Waals surface area contributed by atoms with Gasteiger partial charge >= 0.3 is 5.97 Å². The van der Waals surface area contributed by atoms with Gasteiger partial charge in [-0.25, -0.2) is 4.79 Å². The summed E-state index contributed by atoms with van der Waals surface area (Å²) in [7, 11) is 0. The highest BCUT2D eigenvalue weighted by Gasteiger charge is 2.24. The fourth-order valence-electron chi connectivity index (χ4n) is 2.50. The van der Waals surface area contributed by atoms with Gasteiger partial charge < -0.3 is 24.7 Å². The zero-order valence-corrected chi connectivity index (χ0v) is 12.4. The molecule has 0 bridgehead atoms. The summed E-state index contributed by atoms with van der Waals surface area (Å²) in [4.78, 5) is 12.3. The average molecular weight is 315 g/mol. The first-order chi connectivity index (χ1) is 11.2. The smallest absolute Gasteiger partial charge is 0.342 e. The average Bonchev–Trinajstić information content (AvgIpc) is 2.96. The first-order valence-corrected chi connectivity index (χ1v) is 7.32. The van der Waals surface area contributed by atoms with Crippen molar-refractivity contribution in [1.82, 2.24) is 5.32 Å². The van der Waals surface area contributed by atoms with Gasteiger partial charge in [-0.05, 0) is 18.6 Å². The molecule has 0 aliphatic carbocycles. The highest BCUT2D eigenvalue weighted by molar-refractivity contribution is 6.00. The zero-order valence-electron chi connectivity index (χ0n) is 12.4. The molecule has 6 nitrogen and oxygen atoms in total. The zero-order chi connectivity index (χ0) is 16.2. The van der Waals surface area contributed by atoms with Crippen LogP contribution in [0.4, 0.5) is 0 Å². The van der Waals surface area contributed by atoms with E-state index in [1.54, 1.807) is 6.07 Å². The molecule has 0 radical (unpaired) electrons. The van der Waals surface area contributed by atoms with E-state index in [4.69, 9.17) is 9.15 Å². The Balaban J connectivity index is 2.12. The number of carbonyl (C=O) groups excluding carboxylic acids is 1. The van der Waals surface area contributed by atoms with Crippen molar-refractivity contribution in [2.45, 2.75) is 13.0 Å². The molecule has 2 aromatic rings. The van der Waals surface area contributed by atoms with Crippen molar-refractivity contribution in [3.05, 3.63) is 47.7 Å². The number of esters is 1. The predicted octanol–water partition coefficient (Wildman–Crippen LogP) is 2.56. The fraction of sp³-hybridized carbons (Fsp3) is 0.235. The highest BCUT2D eigenvalue weighted by atomic mass is 16.5. The van der Waals surface area contributed by atoms with E-state index >= 15 is 0 Å². The number of cyclic esters (lactones) is 1. The number of nitrogens with one attached hydrogen (secondary N) is 1. The molecular weight excluding hydrogens is 298 g/mol. The van der Waals surface area contributed by atoms with Gasteiger partial charge in [-0.1, -0.05) is 12.2 Å². The van der Waals surface area contributed by atoms with Gasteiger partial charge in [-0.3, -0.25) is 0 Å². The molecule has 0 saturated carbocycles. The number of benzene rings is 1. The van der Waals surface area contributed by atoms with E-state index in [0.717, 1.165) is 11.6 Å². The molecule has 0 fully saturated rings. The quantitative estimate of drug-likeness (QED) is 0.511. The van der Waals surface area contributed by atoms with Gasteiger partial charge in [0.2, 0.25) is 0 Å². The minimum absolute atomic E-state index is 0.0118. The lowest BCUT2D eigenvalue weighted by Crippen LogP contribution is -2.13.